The number of rotatable bonds is 1. The molecule has 0 aromatic carbocycles. The summed E-state index contributed by atoms with van der Waals surface area (Å²) in [7, 11) is 1.73. The van der Waals surface area contributed by atoms with E-state index in [0.29, 0.717) is 12.1 Å². The topological polar surface area (TPSA) is 35.2 Å². The molecule has 0 aromatic heterocycles. The van der Waals surface area contributed by atoms with Gasteiger partial charge in [0.2, 0.25) is 0 Å². The first-order valence-corrected chi connectivity index (χ1v) is 2.61. The smallest absolute Gasteiger partial charge is 0.0600 e. The van der Waals surface area contributed by atoms with Crippen molar-refractivity contribution in [1.82, 2.24) is 0 Å². The standard InChI is InChI=1S/C5H11NO.ClH/c1-7-5-2-4(6)3-5;/h4-5H,2-3,6H2,1H3;1H/t4-,5-;. The van der Waals surface area contributed by atoms with E-state index in [-0.39, 0.29) is 12.4 Å². The highest BCUT2D eigenvalue weighted by Crippen LogP contribution is 2.19. The monoisotopic (exact) mass is 137 g/mol. The summed E-state index contributed by atoms with van der Waals surface area (Å²) in [4.78, 5) is 0. The van der Waals surface area contributed by atoms with E-state index in [9.17, 15) is 0 Å². The van der Waals surface area contributed by atoms with Crippen LogP contribution in [0.3, 0.4) is 0 Å². The van der Waals surface area contributed by atoms with E-state index in [0.717, 1.165) is 12.8 Å². The lowest BCUT2D eigenvalue weighted by Crippen LogP contribution is -2.40. The van der Waals surface area contributed by atoms with Crippen molar-refractivity contribution >= 4 is 12.4 Å². The first kappa shape index (κ1) is 8.21. The van der Waals surface area contributed by atoms with Crippen molar-refractivity contribution in [1.29, 1.82) is 0 Å². The van der Waals surface area contributed by atoms with Gasteiger partial charge in [-0.2, -0.15) is 0 Å². The minimum absolute atomic E-state index is 0. The Kier molecular flexibility index (Phi) is 3.36. The van der Waals surface area contributed by atoms with Crippen molar-refractivity contribution in [2.75, 3.05) is 7.11 Å². The first-order chi connectivity index (χ1) is 3.33. The molecule has 2 nitrogen and oxygen atoms in total. The number of ether oxygens (including phenoxy) is 1. The molecule has 0 saturated heterocycles. The lowest BCUT2D eigenvalue weighted by Gasteiger charge is -2.30. The van der Waals surface area contributed by atoms with Crippen LogP contribution >= 0.6 is 12.4 Å². The summed E-state index contributed by atoms with van der Waals surface area (Å²) < 4.78 is 4.98. The maximum Gasteiger partial charge on any atom is 0.0600 e. The molecule has 1 saturated carbocycles. The first-order valence-electron chi connectivity index (χ1n) is 2.61. The van der Waals surface area contributed by atoms with Crippen LogP contribution in [0.5, 0.6) is 0 Å². The predicted octanol–water partition coefficient (Wildman–Crippen LogP) is 0.544. The van der Waals surface area contributed by atoms with Crippen molar-refractivity contribution < 1.29 is 4.74 Å². The Morgan fingerprint density at radius 2 is 2.00 bits per heavy atom. The molecule has 0 heterocycles. The third-order valence-corrected chi connectivity index (χ3v) is 1.46. The molecule has 0 aliphatic heterocycles. The van der Waals surface area contributed by atoms with E-state index in [1.54, 1.807) is 7.11 Å². The molecule has 0 atom stereocenters. The molecular formula is C5H12ClNO. The average molecular weight is 138 g/mol. The maximum absolute atomic E-state index is 5.46. The summed E-state index contributed by atoms with van der Waals surface area (Å²) in [5.74, 6) is 0. The molecule has 1 rings (SSSR count). The van der Waals surface area contributed by atoms with Gasteiger partial charge in [-0.25, -0.2) is 0 Å². The lowest BCUT2D eigenvalue weighted by molar-refractivity contribution is 0.0279. The fourth-order valence-corrected chi connectivity index (χ4v) is 0.799. The number of nitrogens with two attached hydrogens (primary N) is 1. The highest BCUT2D eigenvalue weighted by molar-refractivity contribution is 5.85. The largest absolute Gasteiger partial charge is 0.381 e. The molecule has 0 unspecified atom stereocenters. The molecule has 0 aromatic rings. The third kappa shape index (κ3) is 1.62. The molecular weight excluding hydrogens is 126 g/mol. The lowest BCUT2D eigenvalue weighted by atomic mass is 9.90. The van der Waals surface area contributed by atoms with Crippen LogP contribution in [0.4, 0.5) is 0 Å². The summed E-state index contributed by atoms with van der Waals surface area (Å²) in [6.07, 6.45) is 2.57. The van der Waals surface area contributed by atoms with Gasteiger partial charge < -0.3 is 10.5 Å². The van der Waals surface area contributed by atoms with Crippen LogP contribution in [-0.4, -0.2) is 19.3 Å². The SMILES string of the molecule is CO[C@H]1C[C@H](N)C1.Cl. The Morgan fingerprint density at radius 3 is 2.12 bits per heavy atom. The molecule has 0 amide bonds. The molecule has 1 fully saturated rings. The van der Waals surface area contributed by atoms with Crippen LogP contribution in [0.15, 0.2) is 0 Å². The van der Waals surface area contributed by atoms with E-state index in [1.165, 1.54) is 0 Å². The maximum atomic E-state index is 5.46. The summed E-state index contributed by atoms with van der Waals surface area (Å²) in [6, 6.07) is 0.421. The van der Waals surface area contributed by atoms with Crippen LogP contribution in [-0.2, 0) is 4.74 Å². The van der Waals surface area contributed by atoms with Gasteiger partial charge in [0.15, 0.2) is 0 Å². The fourth-order valence-electron chi connectivity index (χ4n) is 0.799. The average Bonchev–Trinajstić information content (AvgIpc) is 1.58. The molecule has 3 heteroatoms. The number of halogens is 1. The third-order valence-electron chi connectivity index (χ3n) is 1.46. The van der Waals surface area contributed by atoms with E-state index < -0.39 is 0 Å². The summed E-state index contributed by atoms with van der Waals surface area (Å²) in [5, 5.41) is 0. The molecule has 1 aliphatic carbocycles. The van der Waals surface area contributed by atoms with Gasteiger partial charge in [0, 0.05) is 13.2 Å². The second-order valence-electron chi connectivity index (χ2n) is 2.09. The van der Waals surface area contributed by atoms with Gasteiger partial charge in [-0.05, 0) is 12.8 Å². The van der Waals surface area contributed by atoms with Gasteiger partial charge in [0.25, 0.3) is 0 Å². The minimum Gasteiger partial charge on any atom is -0.381 e. The zero-order valence-electron chi connectivity index (χ0n) is 4.96. The molecule has 0 radical (unpaired) electrons. The van der Waals surface area contributed by atoms with Crippen molar-refractivity contribution in [2.45, 2.75) is 25.0 Å². The van der Waals surface area contributed by atoms with Gasteiger partial charge in [-0.15, -0.1) is 12.4 Å². The van der Waals surface area contributed by atoms with E-state index in [4.69, 9.17) is 10.5 Å². The van der Waals surface area contributed by atoms with Crippen molar-refractivity contribution in [3.63, 3.8) is 0 Å². The van der Waals surface area contributed by atoms with E-state index in [2.05, 4.69) is 0 Å². The Bertz CT molecular complexity index is 63.4. The van der Waals surface area contributed by atoms with Crippen LogP contribution in [0, 0.1) is 0 Å². The number of methoxy groups -OCH3 is 1. The van der Waals surface area contributed by atoms with Crippen molar-refractivity contribution in [2.24, 2.45) is 5.73 Å². The van der Waals surface area contributed by atoms with Crippen LogP contribution in [0.2, 0.25) is 0 Å². The highest BCUT2D eigenvalue weighted by atomic mass is 35.5. The fraction of sp³-hybridized carbons (Fsp3) is 1.00. The molecule has 50 valence electrons. The van der Waals surface area contributed by atoms with E-state index in [1.807, 2.05) is 0 Å². The molecule has 2 N–H and O–H groups in total. The van der Waals surface area contributed by atoms with Crippen LogP contribution in [0.25, 0.3) is 0 Å². The number of hydrogen-bond donors (Lipinski definition) is 1. The van der Waals surface area contributed by atoms with Crippen molar-refractivity contribution in [3.05, 3.63) is 0 Å². The van der Waals surface area contributed by atoms with Crippen LogP contribution in [0.1, 0.15) is 12.8 Å². The highest BCUT2D eigenvalue weighted by Gasteiger charge is 2.24. The Hall–Kier alpha value is 0.210. The van der Waals surface area contributed by atoms with Gasteiger partial charge in [-0.1, -0.05) is 0 Å². The Labute approximate surface area is 55.8 Å². The second kappa shape index (κ2) is 3.28. The van der Waals surface area contributed by atoms with Gasteiger partial charge in [0.05, 0.1) is 6.10 Å². The molecule has 1 aliphatic rings. The van der Waals surface area contributed by atoms with Crippen LogP contribution < -0.4 is 5.73 Å². The zero-order valence-corrected chi connectivity index (χ0v) is 5.78. The molecule has 8 heavy (non-hydrogen) atoms. The predicted molar refractivity (Wildman–Crippen MR) is 35.3 cm³/mol. The second-order valence-corrected chi connectivity index (χ2v) is 2.09. The van der Waals surface area contributed by atoms with Gasteiger partial charge in [-0.3, -0.25) is 0 Å². The normalized spacial score (nSPS) is 35.2. The van der Waals surface area contributed by atoms with E-state index >= 15 is 0 Å². The van der Waals surface area contributed by atoms with Gasteiger partial charge in [0.1, 0.15) is 0 Å². The zero-order chi connectivity index (χ0) is 5.28. The number of hydrogen-bond acceptors (Lipinski definition) is 2. The molecule has 0 bridgehead atoms. The molecule has 0 spiro atoms. The van der Waals surface area contributed by atoms with Gasteiger partial charge >= 0.3 is 0 Å². The summed E-state index contributed by atoms with van der Waals surface area (Å²) >= 11 is 0. The quantitative estimate of drug-likeness (QED) is 0.573. The summed E-state index contributed by atoms with van der Waals surface area (Å²) in [5.41, 5.74) is 5.46. The minimum atomic E-state index is 0. The summed E-state index contributed by atoms with van der Waals surface area (Å²) in [6.45, 7) is 0. The Balaban J connectivity index is 0.000000490. The van der Waals surface area contributed by atoms with Crippen molar-refractivity contribution in [3.8, 4) is 0 Å². The Morgan fingerprint density at radius 1 is 1.50 bits per heavy atom.